The Morgan fingerprint density at radius 2 is 1.88 bits per heavy atom. The van der Waals surface area contributed by atoms with Crippen molar-refractivity contribution in [3.8, 4) is 0 Å². The Labute approximate surface area is 160 Å². The van der Waals surface area contributed by atoms with Gasteiger partial charge in [0.2, 0.25) is 0 Å². The Bertz CT molecular complexity index is 813. The zero-order chi connectivity index (χ0) is 19.2. The van der Waals surface area contributed by atoms with Gasteiger partial charge in [-0.05, 0) is 42.5 Å². The van der Waals surface area contributed by atoms with Crippen LogP contribution < -0.4 is 4.72 Å². The molecule has 0 spiro atoms. The van der Waals surface area contributed by atoms with E-state index in [4.69, 9.17) is 0 Å². The number of anilines is 1. The molecule has 0 fully saturated rings. The predicted molar refractivity (Wildman–Crippen MR) is 107 cm³/mol. The summed E-state index contributed by atoms with van der Waals surface area (Å²) in [7, 11) is -3.62. The molecule has 1 amide bonds. The van der Waals surface area contributed by atoms with Crippen LogP contribution in [0.1, 0.15) is 44.0 Å². The second kappa shape index (κ2) is 9.19. The van der Waals surface area contributed by atoms with Crippen molar-refractivity contribution in [3.05, 3.63) is 47.3 Å². The molecule has 0 saturated carbocycles. The Morgan fingerprint density at radius 3 is 2.46 bits per heavy atom. The quantitative estimate of drug-likeness (QED) is 0.683. The molecule has 7 heteroatoms. The second-order valence-electron chi connectivity index (χ2n) is 6.14. The van der Waals surface area contributed by atoms with Crippen LogP contribution in [0.25, 0.3) is 0 Å². The molecule has 1 N–H and O–H groups in total. The molecule has 0 radical (unpaired) electrons. The molecule has 5 nitrogen and oxygen atoms in total. The highest BCUT2D eigenvalue weighted by molar-refractivity contribution is 7.94. The number of carbonyl (C=O) groups excluding carboxylic acids is 1. The molecule has 0 aliphatic heterocycles. The summed E-state index contributed by atoms with van der Waals surface area (Å²) in [5.74, 6) is 0.399. The van der Waals surface area contributed by atoms with Gasteiger partial charge in [-0.15, -0.1) is 11.3 Å². The number of rotatable bonds is 9. The van der Waals surface area contributed by atoms with E-state index in [0.29, 0.717) is 30.3 Å². The van der Waals surface area contributed by atoms with Gasteiger partial charge in [-0.1, -0.05) is 38.8 Å². The van der Waals surface area contributed by atoms with Crippen molar-refractivity contribution in [2.24, 2.45) is 5.92 Å². The van der Waals surface area contributed by atoms with Crippen molar-refractivity contribution in [1.82, 2.24) is 4.90 Å². The maximum Gasteiger partial charge on any atom is 0.271 e. The number of sulfonamides is 1. The normalized spacial score (nSPS) is 11.5. The lowest BCUT2D eigenvalue weighted by molar-refractivity contribution is 0.0735. The van der Waals surface area contributed by atoms with Gasteiger partial charge in [0.25, 0.3) is 15.9 Å². The zero-order valence-corrected chi connectivity index (χ0v) is 17.1. The number of benzene rings is 1. The summed E-state index contributed by atoms with van der Waals surface area (Å²) in [5.41, 5.74) is 0.882. The standard InChI is InChI=1S/C19H26N2O3S2/c1-4-15(5-2)14-21(6-3)19(22)16-9-7-10-17(13-16)20-26(23,24)18-11-8-12-25-18/h7-13,15,20H,4-6,14H2,1-3H3. The average Bonchev–Trinajstić information content (AvgIpc) is 3.18. The first-order valence-corrected chi connectivity index (χ1v) is 11.2. The van der Waals surface area contributed by atoms with Gasteiger partial charge in [0.1, 0.15) is 4.21 Å². The molecule has 1 aromatic carbocycles. The number of amides is 1. The van der Waals surface area contributed by atoms with Crippen LogP contribution in [0.5, 0.6) is 0 Å². The van der Waals surface area contributed by atoms with Crippen LogP contribution in [0.3, 0.4) is 0 Å². The van der Waals surface area contributed by atoms with Gasteiger partial charge >= 0.3 is 0 Å². The van der Waals surface area contributed by atoms with E-state index in [-0.39, 0.29) is 10.1 Å². The highest BCUT2D eigenvalue weighted by atomic mass is 32.2. The summed E-state index contributed by atoms with van der Waals surface area (Å²) in [6.07, 6.45) is 2.06. The van der Waals surface area contributed by atoms with E-state index in [9.17, 15) is 13.2 Å². The van der Waals surface area contributed by atoms with Gasteiger partial charge in [0, 0.05) is 24.3 Å². The Morgan fingerprint density at radius 1 is 1.15 bits per heavy atom. The summed E-state index contributed by atoms with van der Waals surface area (Å²) < 4.78 is 27.5. The summed E-state index contributed by atoms with van der Waals surface area (Å²) in [6, 6.07) is 9.92. The van der Waals surface area contributed by atoms with Crippen LogP contribution in [0.15, 0.2) is 46.0 Å². The van der Waals surface area contributed by atoms with E-state index in [2.05, 4.69) is 18.6 Å². The minimum atomic E-state index is -3.62. The van der Waals surface area contributed by atoms with Crippen LogP contribution >= 0.6 is 11.3 Å². The van der Waals surface area contributed by atoms with Crippen LogP contribution in [0, 0.1) is 5.92 Å². The van der Waals surface area contributed by atoms with Crippen molar-refractivity contribution in [2.45, 2.75) is 37.8 Å². The lowest BCUT2D eigenvalue weighted by atomic mass is 10.0. The molecule has 2 rings (SSSR count). The lowest BCUT2D eigenvalue weighted by Crippen LogP contribution is -2.35. The molecule has 0 saturated heterocycles. The third kappa shape index (κ3) is 5.08. The second-order valence-corrected chi connectivity index (χ2v) is 9.00. The first-order valence-electron chi connectivity index (χ1n) is 8.86. The fourth-order valence-corrected chi connectivity index (χ4v) is 4.78. The predicted octanol–water partition coefficient (Wildman–Crippen LogP) is 4.45. The summed E-state index contributed by atoms with van der Waals surface area (Å²) in [6.45, 7) is 7.57. The molecule has 1 aromatic heterocycles. The number of nitrogens with one attached hydrogen (secondary N) is 1. The molecule has 0 unspecified atom stereocenters. The van der Waals surface area contributed by atoms with Gasteiger partial charge < -0.3 is 4.90 Å². The molecule has 142 valence electrons. The Balaban J connectivity index is 2.18. The SMILES string of the molecule is CCC(CC)CN(CC)C(=O)c1cccc(NS(=O)(=O)c2cccs2)c1. The third-order valence-electron chi connectivity index (χ3n) is 4.42. The fourth-order valence-electron chi connectivity index (χ4n) is 2.73. The van der Waals surface area contributed by atoms with Gasteiger partial charge in [-0.2, -0.15) is 0 Å². The fraction of sp³-hybridized carbons (Fsp3) is 0.421. The highest BCUT2D eigenvalue weighted by Crippen LogP contribution is 2.21. The molecular weight excluding hydrogens is 368 g/mol. The van der Waals surface area contributed by atoms with Crippen LogP contribution in [-0.4, -0.2) is 32.3 Å². The van der Waals surface area contributed by atoms with Crippen molar-refractivity contribution in [3.63, 3.8) is 0 Å². The highest BCUT2D eigenvalue weighted by Gasteiger charge is 2.19. The van der Waals surface area contributed by atoms with Crippen molar-refractivity contribution in [1.29, 1.82) is 0 Å². The molecular formula is C19H26N2O3S2. The van der Waals surface area contributed by atoms with Crippen molar-refractivity contribution in [2.75, 3.05) is 17.8 Å². The Kier molecular flexibility index (Phi) is 7.23. The van der Waals surface area contributed by atoms with Crippen molar-refractivity contribution >= 4 is 33.0 Å². The van der Waals surface area contributed by atoms with Crippen molar-refractivity contribution < 1.29 is 13.2 Å². The molecule has 2 aromatic rings. The zero-order valence-electron chi connectivity index (χ0n) is 15.4. The maximum atomic E-state index is 12.8. The van der Waals surface area contributed by atoms with Gasteiger partial charge in [-0.3, -0.25) is 9.52 Å². The average molecular weight is 395 g/mol. The number of hydrogen-bond acceptors (Lipinski definition) is 4. The van der Waals surface area contributed by atoms with E-state index in [1.807, 2.05) is 11.8 Å². The molecule has 0 aliphatic rings. The molecule has 0 atom stereocenters. The summed E-state index contributed by atoms with van der Waals surface area (Å²) in [4.78, 5) is 14.7. The topological polar surface area (TPSA) is 66.5 Å². The van der Waals surface area contributed by atoms with Gasteiger partial charge in [0.15, 0.2) is 0 Å². The monoisotopic (exact) mass is 394 g/mol. The smallest absolute Gasteiger partial charge is 0.271 e. The molecule has 1 heterocycles. The number of nitrogens with zero attached hydrogens (tertiary/aromatic N) is 1. The largest absolute Gasteiger partial charge is 0.339 e. The Hall–Kier alpha value is -1.86. The van der Waals surface area contributed by atoms with Gasteiger partial charge in [0.05, 0.1) is 0 Å². The summed E-state index contributed by atoms with van der Waals surface area (Å²) in [5, 5.41) is 1.71. The van der Waals surface area contributed by atoms with Crippen LogP contribution in [0.4, 0.5) is 5.69 Å². The van der Waals surface area contributed by atoms with Crippen LogP contribution in [-0.2, 0) is 10.0 Å². The maximum absolute atomic E-state index is 12.8. The number of hydrogen-bond donors (Lipinski definition) is 1. The van der Waals surface area contributed by atoms with E-state index in [1.54, 1.807) is 41.8 Å². The minimum absolute atomic E-state index is 0.0726. The lowest BCUT2D eigenvalue weighted by Gasteiger charge is -2.25. The molecule has 0 bridgehead atoms. The first-order chi connectivity index (χ1) is 12.4. The van der Waals surface area contributed by atoms with E-state index in [0.717, 1.165) is 24.2 Å². The van der Waals surface area contributed by atoms with E-state index >= 15 is 0 Å². The van der Waals surface area contributed by atoms with Gasteiger partial charge in [-0.25, -0.2) is 8.42 Å². The molecule has 0 aliphatic carbocycles. The van der Waals surface area contributed by atoms with E-state index in [1.165, 1.54) is 0 Å². The first kappa shape index (κ1) is 20.5. The van der Waals surface area contributed by atoms with E-state index < -0.39 is 10.0 Å². The number of carbonyl (C=O) groups is 1. The van der Waals surface area contributed by atoms with Crippen LogP contribution in [0.2, 0.25) is 0 Å². The minimum Gasteiger partial charge on any atom is -0.339 e. The third-order valence-corrected chi connectivity index (χ3v) is 7.20. The molecule has 26 heavy (non-hydrogen) atoms. The number of thiophene rings is 1. The summed E-state index contributed by atoms with van der Waals surface area (Å²) >= 11 is 1.15.